The Hall–Kier alpha value is -1.40. The first-order chi connectivity index (χ1) is 9.37. The minimum Gasteiger partial charge on any atom is -0.369 e. The Morgan fingerprint density at radius 1 is 1.40 bits per heavy atom. The van der Waals surface area contributed by atoms with Crippen molar-refractivity contribution in [3.8, 4) is 0 Å². The molecule has 0 spiro atoms. The third-order valence-electron chi connectivity index (χ3n) is 2.87. The highest BCUT2D eigenvalue weighted by atomic mass is 31.2. The van der Waals surface area contributed by atoms with Gasteiger partial charge < -0.3 is 4.52 Å². The van der Waals surface area contributed by atoms with E-state index in [9.17, 15) is 9.36 Å². The lowest BCUT2D eigenvalue weighted by Crippen LogP contribution is -2.49. The molecule has 20 heavy (non-hydrogen) atoms. The SMILES string of the molecule is C[C@@H](C(=O)OP(=O)(O)O)N(NC1CC1)c1ccccc1. The lowest BCUT2D eigenvalue weighted by molar-refractivity contribution is -0.137. The van der Waals surface area contributed by atoms with Crippen LogP contribution in [-0.2, 0) is 13.9 Å². The van der Waals surface area contributed by atoms with E-state index in [1.165, 1.54) is 6.92 Å². The second kappa shape index (κ2) is 5.93. The molecule has 0 saturated heterocycles. The van der Waals surface area contributed by atoms with E-state index < -0.39 is 19.8 Å². The molecule has 0 amide bonds. The molecule has 0 aliphatic heterocycles. The van der Waals surface area contributed by atoms with Crippen LogP contribution in [0.2, 0.25) is 0 Å². The molecule has 0 unspecified atom stereocenters. The Morgan fingerprint density at radius 2 is 2.00 bits per heavy atom. The molecule has 1 atom stereocenters. The van der Waals surface area contributed by atoms with Gasteiger partial charge in [-0.15, -0.1) is 0 Å². The predicted octanol–water partition coefficient (Wildman–Crippen LogP) is 1.18. The van der Waals surface area contributed by atoms with Crippen molar-refractivity contribution in [3.63, 3.8) is 0 Å². The maximum absolute atomic E-state index is 11.8. The van der Waals surface area contributed by atoms with Crippen LogP contribution in [0.3, 0.4) is 0 Å². The van der Waals surface area contributed by atoms with E-state index >= 15 is 0 Å². The Balaban J connectivity index is 2.13. The van der Waals surface area contributed by atoms with E-state index in [1.54, 1.807) is 17.1 Å². The van der Waals surface area contributed by atoms with Crippen LogP contribution in [0.4, 0.5) is 5.69 Å². The predicted molar refractivity (Wildman–Crippen MR) is 72.7 cm³/mol. The number of anilines is 1. The number of hydrazine groups is 1. The minimum absolute atomic E-state index is 0.278. The Morgan fingerprint density at radius 3 is 2.50 bits per heavy atom. The number of benzene rings is 1. The molecular formula is C12H17N2O5P. The van der Waals surface area contributed by atoms with Gasteiger partial charge >= 0.3 is 13.8 Å². The molecule has 0 radical (unpaired) electrons. The first-order valence-corrected chi connectivity index (χ1v) is 7.79. The van der Waals surface area contributed by atoms with Crippen molar-refractivity contribution in [3.05, 3.63) is 30.3 Å². The van der Waals surface area contributed by atoms with Gasteiger partial charge in [-0.2, -0.15) is 0 Å². The summed E-state index contributed by atoms with van der Waals surface area (Å²) in [7, 11) is -4.83. The fraction of sp³-hybridized carbons (Fsp3) is 0.417. The normalized spacial score (nSPS) is 16.6. The number of nitrogens with zero attached hydrogens (tertiary/aromatic N) is 1. The summed E-state index contributed by atoms with van der Waals surface area (Å²) < 4.78 is 14.9. The summed E-state index contributed by atoms with van der Waals surface area (Å²) in [4.78, 5) is 29.2. The molecule has 7 nitrogen and oxygen atoms in total. The van der Waals surface area contributed by atoms with Crippen molar-refractivity contribution in [2.75, 3.05) is 5.01 Å². The lowest BCUT2D eigenvalue weighted by atomic mass is 10.2. The van der Waals surface area contributed by atoms with Crippen molar-refractivity contribution in [1.82, 2.24) is 5.43 Å². The van der Waals surface area contributed by atoms with Crippen molar-refractivity contribution in [2.45, 2.75) is 31.8 Å². The highest BCUT2D eigenvalue weighted by Crippen LogP contribution is 2.37. The molecule has 0 bridgehead atoms. The zero-order valence-corrected chi connectivity index (χ0v) is 11.9. The molecule has 1 saturated carbocycles. The second-order valence-electron chi connectivity index (χ2n) is 4.69. The van der Waals surface area contributed by atoms with Gasteiger partial charge in [-0.1, -0.05) is 18.2 Å². The van der Waals surface area contributed by atoms with Crippen molar-refractivity contribution < 1.29 is 23.7 Å². The average molecular weight is 300 g/mol. The fourth-order valence-electron chi connectivity index (χ4n) is 1.71. The second-order valence-corrected chi connectivity index (χ2v) is 5.85. The van der Waals surface area contributed by atoms with Gasteiger partial charge in [0.25, 0.3) is 0 Å². The standard InChI is InChI=1S/C12H17N2O5P/c1-9(12(15)19-20(16,17)18)14(13-10-7-8-10)11-5-3-2-4-6-11/h2-6,9-10,13H,7-8H2,1H3,(H2,16,17,18)/t9-/m0/s1. The van der Waals surface area contributed by atoms with Crippen molar-refractivity contribution >= 4 is 19.5 Å². The molecular weight excluding hydrogens is 283 g/mol. The number of carbonyl (C=O) groups excluding carboxylic acids is 1. The molecule has 3 N–H and O–H groups in total. The highest BCUT2D eigenvalue weighted by Gasteiger charge is 2.32. The number of rotatable bonds is 6. The van der Waals surface area contributed by atoms with Crippen molar-refractivity contribution in [1.29, 1.82) is 0 Å². The number of phosphoric acid groups is 1. The molecule has 1 aromatic rings. The minimum atomic E-state index is -4.83. The Bertz CT molecular complexity index is 514. The van der Waals surface area contributed by atoms with Gasteiger partial charge in [0.2, 0.25) is 0 Å². The van der Waals surface area contributed by atoms with E-state index in [4.69, 9.17) is 9.79 Å². The van der Waals surface area contributed by atoms with Crippen LogP contribution in [-0.4, -0.2) is 27.8 Å². The highest BCUT2D eigenvalue weighted by molar-refractivity contribution is 7.46. The van der Waals surface area contributed by atoms with Gasteiger partial charge in [-0.05, 0) is 31.9 Å². The topological polar surface area (TPSA) is 99.1 Å². The van der Waals surface area contributed by atoms with Crippen LogP contribution in [0.1, 0.15) is 19.8 Å². The summed E-state index contributed by atoms with van der Waals surface area (Å²) in [6.45, 7) is 1.53. The number of phosphoric ester groups is 1. The number of carbonyl (C=O) groups is 1. The van der Waals surface area contributed by atoms with Crippen LogP contribution in [0.15, 0.2) is 30.3 Å². The zero-order valence-electron chi connectivity index (χ0n) is 11.0. The summed E-state index contributed by atoms with van der Waals surface area (Å²) in [5, 5.41) is 1.58. The Kier molecular flexibility index (Phi) is 4.45. The van der Waals surface area contributed by atoms with E-state index in [1.807, 2.05) is 18.2 Å². The first-order valence-electron chi connectivity index (χ1n) is 6.26. The summed E-state index contributed by atoms with van der Waals surface area (Å²) in [6, 6.07) is 8.51. The maximum Gasteiger partial charge on any atom is 0.527 e. The quantitative estimate of drug-likeness (QED) is 0.536. The Labute approximate surface area is 116 Å². The van der Waals surface area contributed by atoms with Gasteiger partial charge in [0.15, 0.2) is 0 Å². The van der Waals surface area contributed by atoms with E-state index in [-0.39, 0.29) is 6.04 Å². The van der Waals surface area contributed by atoms with Gasteiger partial charge in [0, 0.05) is 6.04 Å². The largest absolute Gasteiger partial charge is 0.527 e. The van der Waals surface area contributed by atoms with Crippen LogP contribution >= 0.6 is 7.82 Å². The summed E-state index contributed by atoms with van der Waals surface area (Å²) in [5.41, 5.74) is 3.88. The van der Waals surface area contributed by atoms with Gasteiger partial charge in [-0.25, -0.2) is 14.8 Å². The molecule has 0 heterocycles. The van der Waals surface area contributed by atoms with Crippen LogP contribution in [0.25, 0.3) is 0 Å². The number of hydrogen-bond acceptors (Lipinski definition) is 5. The van der Waals surface area contributed by atoms with Crippen LogP contribution < -0.4 is 10.4 Å². The van der Waals surface area contributed by atoms with Crippen LogP contribution in [0, 0.1) is 0 Å². The molecule has 1 aliphatic rings. The van der Waals surface area contributed by atoms with E-state index in [0.717, 1.165) is 18.5 Å². The monoisotopic (exact) mass is 300 g/mol. The number of nitrogens with one attached hydrogen (secondary N) is 1. The third kappa shape index (κ3) is 4.31. The van der Waals surface area contributed by atoms with Gasteiger partial charge in [0.05, 0.1) is 5.69 Å². The molecule has 2 rings (SSSR count). The van der Waals surface area contributed by atoms with E-state index in [2.05, 4.69) is 9.95 Å². The third-order valence-corrected chi connectivity index (χ3v) is 3.29. The van der Waals surface area contributed by atoms with Crippen molar-refractivity contribution in [2.24, 2.45) is 0 Å². The lowest BCUT2D eigenvalue weighted by Gasteiger charge is -2.30. The zero-order chi connectivity index (χ0) is 14.8. The molecule has 110 valence electrons. The molecule has 8 heteroatoms. The van der Waals surface area contributed by atoms with Gasteiger partial charge in [-0.3, -0.25) is 14.8 Å². The van der Waals surface area contributed by atoms with Crippen LogP contribution in [0.5, 0.6) is 0 Å². The fourth-order valence-corrected chi connectivity index (χ4v) is 2.09. The number of hydrogen-bond donors (Lipinski definition) is 3. The summed E-state index contributed by atoms with van der Waals surface area (Å²) >= 11 is 0. The molecule has 0 aromatic heterocycles. The first kappa shape index (κ1) is 15.0. The summed E-state index contributed by atoms with van der Waals surface area (Å²) in [5.74, 6) is -0.977. The van der Waals surface area contributed by atoms with Gasteiger partial charge in [0.1, 0.15) is 6.04 Å². The number of para-hydroxylation sites is 1. The summed E-state index contributed by atoms with van der Waals surface area (Å²) in [6.07, 6.45) is 2.01. The molecule has 1 aliphatic carbocycles. The molecule has 1 fully saturated rings. The molecule has 1 aromatic carbocycles. The maximum atomic E-state index is 11.8. The smallest absolute Gasteiger partial charge is 0.369 e. The van der Waals surface area contributed by atoms with E-state index in [0.29, 0.717) is 0 Å². The average Bonchev–Trinajstić information content (AvgIpc) is 3.18.